The Bertz CT molecular complexity index is 619. The number of phenolic OH excluding ortho intramolecular Hbond substituents is 1. The summed E-state index contributed by atoms with van der Waals surface area (Å²) in [6.07, 6.45) is 0.584. The van der Waals surface area contributed by atoms with E-state index in [1.54, 1.807) is 24.3 Å². The molecule has 3 N–H and O–H groups in total. The fourth-order valence-electron chi connectivity index (χ4n) is 2.07. The highest BCUT2D eigenvalue weighted by Crippen LogP contribution is 2.28. The second-order valence-electron chi connectivity index (χ2n) is 4.60. The van der Waals surface area contributed by atoms with Crippen LogP contribution in [0.5, 0.6) is 5.75 Å². The smallest absolute Gasteiger partial charge is 0.159 e. The van der Waals surface area contributed by atoms with Crippen LogP contribution in [0.4, 0.5) is 8.78 Å². The maximum atomic E-state index is 13.3. The Hall–Kier alpha value is -1.46. The van der Waals surface area contributed by atoms with Gasteiger partial charge in [-0.15, -0.1) is 0 Å². The second kappa shape index (κ2) is 6.33. The van der Waals surface area contributed by atoms with Crippen LogP contribution < -0.4 is 5.73 Å². The van der Waals surface area contributed by atoms with Gasteiger partial charge in [-0.25, -0.2) is 8.78 Å². The summed E-state index contributed by atoms with van der Waals surface area (Å²) in [5, 5.41) is 9.46. The van der Waals surface area contributed by atoms with E-state index in [4.69, 9.17) is 5.73 Å². The molecule has 5 heteroatoms. The molecule has 0 heterocycles. The van der Waals surface area contributed by atoms with Gasteiger partial charge >= 0.3 is 0 Å². The van der Waals surface area contributed by atoms with Crippen molar-refractivity contribution >= 4 is 15.9 Å². The van der Waals surface area contributed by atoms with Crippen LogP contribution >= 0.6 is 15.9 Å². The Morgan fingerprint density at radius 1 is 1.10 bits per heavy atom. The molecule has 0 aromatic heterocycles. The van der Waals surface area contributed by atoms with Gasteiger partial charge in [0.05, 0.1) is 4.47 Å². The molecular formula is C15H14BrF2NO. The Kier molecular flexibility index (Phi) is 4.73. The third-order valence-electron chi connectivity index (χ3n) is 3.19. The number of hydrogen-bond acceptors (Lipinski definition) is 2. The van der Waals surface area contributed by atoms with Gasteiger partial charge in [-0.05, 0) is 64.3 Å². The van der Waals surface area contributed by atoms with Crippen LogP contribution in [-0.2, 0) is 6.42 Å². The van der Waals surface area contributed by atoms with E-state index in [1.807, 2.05) is 0 Å². The van der Waals surface area contributed by atoms with E-state index in [2.05, 4.69) is 15.9 Å². The van der Waals surface area contributed by atoms with E-state index in [1.165, 1.54) is 6.07 Å². The Morgan fingerprint density at radius 2 is 1.85 bits per heavy atom. The Labute approximate surface area is 124 Å². The monoisotopic (exact) mass is 341 g/mol. The SMILES string of the molecule is NCC(Cc1ccc(O)c(Br)c1)c1ccc(F)c(F)c1. The van der Waals surface area contributed by atoms with Gasteiger partial charge in [0.15, 0.2) is 11.6 Å². The van der Waals surface area contributed by atoms with Crippen molar-refractivity contribution in [3.05, 3.63) is 63.6 Å². The molecule has 0 fully saturated rings. The minimum Gasteiger partial charge on any atom is -0.507 e. The van der Waals surface area contributed by atoms with E-state index in [-0.39, 0.29) is 11.7 Å². The van der Waals surface area contributed by atoms with Crippen LogP contribution in [0, 0.1) is 11.6 Å². The molecule has 2 aromatic rings. The lowest BCUT2D eigenvalue weighted by Gasteiger charge is -2.16. The van der Waals surface area contributed by atoms with Crippen LogP contribution in [0.15, 0.2) is 40.9 Å². The Balaban J connectivity index is 2.23. The average molecular weight is 342 g/mol. The van der Waals surface area contributed by atoms with Gasteiger partial charge in [-0.1, -0.05) is 12.1 Å². The molecule has 2 rings (SSSR count). The van der Waals surface area contributed by atoms with E-state index >= 15 is 0 Å². The van der Waals surface area contributed by atoms with Crippen LogP contribution in [0.25, 0.3) is 0 Å². The lowest BCUT2D eigenvalue weighted by atomic mass is 9.92. The van der Waals surface area contributed by atoms with Gasteiger partial charge in [0.1, 0.15) is 5.75 Å². The number of aromatic hydroxyl groups is 1. The maximum Gasteiger partial charge on any atom is 0.159 e. The third-order valence-corrected chi connectivity index (χ3v) is 3.83. The van der Waals surface area contributed by atoms with E-state index in [0.717, 1.165) is 11.6 Å². The molecular weight excluding hydrogens is 328 g/mol. The van der Waals surface area contributed by atoms with Gasteiger partial charge < -0.3 is 10.8 Å². The fourth-order valence-corrected chi connectivity index (χ4v) is 2.49. The van der Waals surface area contributed by atoms with E-state index in [0.29, 0.717) is 23.0 Å². The fraction of sp³-hybridized carbons (Fsp3) is 0.200. The number of hydrogen-bond donors (Lipinski definition) is 2. The molecule has 0 aliphatic carbocycles. The van der Waals surface area contributed by atoms with Gasteiger partial charge in [0, 0.05) is 5.92 Å². The first-order chi connectivity index (χ1) is 9.51. The summed E-state index contributed by atoms with van der Waals surface area (Å²) < 4.78 is 26.8. The summed E-state index contributed by atoms with van der Waals surface area (Å²) in [7, 11) is 0. The molecule has 2 aromatic carbocycles. The zero-order chi connectivity index (χ0) is 14.7. The van der Waals surface area contributed by atoms with Gasteiger partial charge in [-0.3, -0.25) is 0 Å². The normalized spacial score (nSPS) is 12.4. The Morgan fingerprint density at radius 3 is 2.45 bits per heavy atom. The number of benzene rings is 2. The minimum absolute atomic E-state index is 0.110. The number of nitrogens with two attached hydrogens (primary N) is 1. The highest BCUT2D eigenvalue weighted by Gasteiger charge is 2.14. The highest BCUT2D eigenvalue weighted by molar-refractivity contribution is 9.10. The molecule has 0 radical (unpaired) electrons. The van der Waals surface area contributed by atoms with Crippen LogP contribution in [-0.4, -0.2) is 11.7 Å². The van der Waals surface area contributed by atoms with Gasteiger partial charge in [-0.2, -0.15) is 0 Å². The highest BCUT2D eigenvalue weighted by atomic mass is 79.9. The van der Waals surface area contributed by atoms with Crippen molar-refractivity contribution in [2.75, 3.05) is 6.54 Å². The topological polar surface area (TPSA) is 46.2 Å². The van der Waals surface area contributed by atoms with Crippen LogP contribution in [0.2, 0.25) is 0 Å². The molecule has 1 atom stereocenters. The minimum atomic E-state index is -0.868. The summed E-state index contributed by atoms with van der Waals surface area (Å²) >= 11 is 3.24. The first-order valence-electron chi connectivity index (χ1n) is 6.13. The van der Waals surface area contributed by atoms with Gasteiger partial charge in [0.25, 0.3) is 0 Å². The van der Waals surface area contributed by atoms with Crippen LogP contribution in [0.1, 0.15) is 17.0 Å². The molecule has 2 nitrogen and oxygen atoms in total. The largest absolute Gasteiger partial charge is 0.507 e. The zero-order valence-electron chi connectivity index (χ0n) is 10.6. The van der Waals surface area contributed by atoms with E-state index < -0.39 is 11.6 Å². The summed E-state index contributed by atoms with van der Waals surface area (Å²) in [5.41, 5.74) is 7.35. The number of phenols is 1. The van der Waals surface area contributed by atoms with Gasteiger partial charge in [0.2, 0.25) is 0 Å². The molecule has 0 aliphatic heterocycles. The zero-order valence-corrected chi connectivity index (χ0v) is 12.2. The van der Waals surface area contributed by atoms with Crippen molar-refractivity contribution in [3.8, 4) is 5.75 Å². The lowest BCUT2D eigenvalue weighted by molar-refractivity contribution is 0.471. The molecule has 0 amide bonds. The number of halogens is 3. The standard InChI is InChI=1S/C15H14BrF2NO/c16-12-6-9(1-4-15(12)20)5-11(8-19)10-2-3-13(17)14(18)7-10/h1-4,6-7,11,20H,5,8,19H2. The van der Waals surface area contributed by atoms with Crippen molar-refractivity contribution < 1.29 is 13.9 Å². The molecule has 0 aliphatic rings. The quantitative estimate of drug-likeness (QED) is 0.890. The molecule has 106 valence electrons. The molecule has 20 heavy (non-hydrogen) atoms. The lowest BCUT2D eigenvalue weighted by Crippen LogP contribution is -2.15. The molecule has 0 saturated carbocycles. The predicted molar refractivity (Wildman–Crippen MR) is 77.7 cm³/mol. The average Bonchev–Trinajstić information content (AvgIpc) is 2.43. The number of rotatable bonds is 4. The van der Waals surface area contributed by atoms with Crippen molar-refractivity contribution in [1.29, 1.82) is 0 Å². The second-order valence-corrected chi connectivity index (χ2v) is 5.45. The predicted octanol–water partition coefficient (Wildman–Crippen LogP) is 3.72. The van der Waals surface area contributed by atoms with Crippen LogP contribution in [0.3, 0.4) is 0 Å². The molecule has 1 unspecified atom stereocenters. The van der Waals surface area contributed by atoms with Crippen molar-refractivity contribution in [1.82, 2.24) is 0 Å². The van der Waals surface area contributed by atoms with Crippen molar-refractivity contribution in [2.45, 2.75) is 12.3 Å². The third kappa shape index (κ3) is 3.35. The summed E-state index contributed by atoms with van der Waals surface area (Å²) in [6.45, 7) is 0.323. The van der Waals surface area contributed by atoms with Crippen molar-refractivity contribution in [3.63, 3.8) is 0 Å². The molecule has 0 spiro atoms. The van der Waals surface area contributed by atoms with Crippen molar-refractivity contribution in [2.24, 2.45) is 5.73 Å². The summed E-state index contributed by atoms with van der Waals surface area (Å²) in [5.74, 6) is -1.68. The summed E-state index contributed by atoms with van der Waals surface area (Å²) in [6, 6.07) is 8.99. The van der Waals surface area contributed by atoms with E-state index in [9.17, 15) is 13.9 Å². The summed E-state index contributed by atoms with van der Waals surface area (Å²) in [4.78, 5) is 0. The maximum absolute atomic E-state index is 13.3. The first kappa shape index (κ1) is 14.9. The first-order valence-corrected chi connectivity index (χ1v) is 6.93. The molecule has 0 saturated heterocycles. The molecule has 0 bridgehead atoms.